The van der Waals surface area contributed by atoms with Gasteiger partial charge in [0, 0.05) is 28.6 Å². The zero-order valence-corrected chi connectivity index (χ0v) is 16.0. The molecular weight excluding hydrogens is 405 g/mol. The fourth-order valence-electron chi connectivity index (χ4n) is 2.42. The van der Waals surface area contributed by atoms with Gasteiger partial charge < -0.3 is 5.32 Å². The smallest absolute Gasteiger partial charge is 0.284 e. The quantitative estimate of drug-likeness (QED) is 0.511. The predicted octanol–water partition coefficient (Wildman–Crippen LogP) is 4.95. The van der Waals surface area contributed by atoms with Crippen LogP contribution in [0.1, 0.15) is 9.80 Å². The van der Waals surface area contributed by atoms with Crippen molar-refractivity contribution in [1.82, 2.24) is 19.7 Å². The Balaban J connectivity index is 1.51. The number of thiazole rings is 1. The molecule has 1 amide bonds. The SMILES string of the molecule is O=C(Nc1cnn(-c2ccncc2)c1)c1ncc(-c2cc(Cl)cc(Cl)c2)s1. The number of halogens is 2. The molecule has 4 aromatic rings. The average Bonchev–Trinajstić information content (AvgIpc) is 3.31. The Kier molecular flexibility index (Phi) is 4.89. The van der Waals surface area contributed by atoms with Gasteiger partial charge in [-0.2, -0.15) is 5.10 Å². The molecule has 3 heterocycles. The van der Waals surface area contributed by atoms with Crippen molar-refractivity contribution in [1.29, 1.82) is 0 Å². The van der Waals surface area contributed by atoms with E-state index in [1.165, 1.54) is 11.3 Å². The highest BCUT2D eigenvalue weighted by Crippen LogP contribution is 2.31. The van der Waals surface area contributed by atoms with E-state index in [4.69, 9.17) is 23.2 Å². The summed E-state index contributed by atoms with van der Waals surface area (Å²) >= 11 is 13.3. The number of anilines is 1. The van der Waals surface area contributed by atoms with E-state index in [1.54, 1.807) is 53.9 Å². The Morgan fingerprint density at radius 1 is 1.07 bits per heavy atom. The van der Waals surface area contributed by atoms with Gasteiger partial charge in [-0.05, 0) is 35.9 Å². The van der Waals surface area contributed by atoms with Crippen LogP contribution in [0.5, 0.6) is 0 Å². The third-order valence-corrected chi connectivity index (χ3v) is 5.10. The maximum Gasteiger partial charge on any atom is 0.284 e. The summed E-state index contributed by atoms with van der Waals surface area (Å²) in [7, 11) is 0. The Hall–Kier alpha value is -2.74. The largest absolute Gasteiger partial charge is 0.317 e. The lowest BCUT2D eigenvalue weighted by molar-refractivity contribution is 0.102. The normalized spacial score (nSPS) is 10.7. The van der Waals surface area contributed by atoms with E-state index in [-0.39, 0.29) is 5.91 Å². The molecule has 0 aliphatic carbocycles. The minimum atomic E-state index is -0.311. The standard InChI is InChI=1S/C18H11Cl2N5OS/c19-12-5-11(6-13(20)7-12)16-9-22-18(27-16)17(26)24-14-8-23-25(10-14)15-1-3-21-4-2-15/h1-10H,(H,24,26). The van der Waals surface area contributed by atoms with Crippen LogP contribution < -0.4 is 5.32 Å². The van der Waals surface area contributed by atoms with Gasteiger partial charge in [-0.3, -0.25) is 9.78 Å². The lowest BCUT2D eigenvalue weighted by Crippen LogP contribution is -2.10. The van der Waals surface area contributed by atoms with E-state index in [0.717, 1.165) is 16.1 Å². The number of aromatic nitrogens is 4. The highest BCUT2D eigenvalue weighted by atomic mass is 35.5. The van der Waals surface area contributed by atoms with Crippen LogP contribution in [0.4, 0.5) is 5.69 Å². The second-order valence-corrected chi connectivity index (χ2v) is 7.42. The summed E-state index contributed by atoms with van der Waals surface area (Å²) in [6, 6.07) is 8.86. The molecule has 0 saturated carbocycles. The molecule has 4 rings (SSSR count). The molecule has 0 spiro atoms. The summed E-state index contributed by atoms with van der Waals surface area (Å²) in [4.78, 5) is 21.4. The van der Waals surface area contributed by atoms with Crippen molar-refractivity contribution >= 4 is 46.1 Å². The molecule has 0 bridgehead atoms. The van der Waals surface area contributed by atoms with Crippen LogP contribution in [0.3, 0.4) is 0 Å². The first-order chi connectivity index (χ1) is 13.1. The predicted molar refractivity (Wildman–Crippen MR) is 107 cm³/mol. The second-order valence-electron chi connectivity index (χ2n) is 5.52. The first-order valence-electron chi connectivity index (χ1n) is 7.77. The zero-order chi connectivity index (χ0) is 18.8. The summed E-state index contributed by atoms with van der Waals surface area (Å²) in [5, 5.41) is 8.41. The van der Waals surface area contributed by atoms with Crippen LogP contribution in [-0.2, 0) is 0 Å². The lowest BCUT2D eigenvalue weighted by atomic mass is 10.2. The van der Waals surface area contributed by atoms with Crippen molar-refractivity contribution in [3.05, 3.63) is 76.4 Å². The number of rotatable bonds is 4. The van der Waals surface area contributed by atoms with Gasteiger partial charge in [0.25, 0.3) is 5.91 Å². The number of hydrogen-bond donors (Lipinski definition) is 1. The molecule has 0 atom stereocenters. The van der Waals surface area contributed by atoms with E-state index in [9.17, 15) is 4.79 Å². The van der Waals surface area contributed by atoms with Crippen LogP contribution in [-0.4, -0.2) is 25.7 Å². The number of benzene rings is 1. The molecule has 3 aromatic heterocycles. The molecule has 9 heteroatoms. The third kappa shape index (κ3) is 4.00. The van der Waals surface area contributed by atoms with E-state index in [1.807, 2.05) is 12.1 Å². The van der Waals surface area contributed by atoms with Crippen molar-refractivity contribution in [3.8, 4) is 16.1 Å². The summed E-state index contributed by atoms with van der Waals surface area (Å²) in [5.74, 6) is -0.311. The molecule has 0 fully saturated rings. The number of carbonyl (C=O) groups excluding carboxylic acids is 1. The highest BCUT2D eigenvalue weighted by Gasteiger charge is 2.14. The van der Waals surface area contributed by atoms with Gasteiger partial charge >= 0.3 is 0 Å². The van der Waals surface area contributed by atoms with Crippen LogP contribution >= 0.6 is 34.5 Å². The van der Waals surface area contributed by atoms with Crippen LogP contribution in [0.15, 0.2) is 61.3 Å². The van der Waals surface area contributed by atoms with E-state index < -0.39 is 0 Å². The fraction of sp³-hybridized carbons (Fsp3) is 0. The topological polar surface area (TPSA) is 72.7 Å². The molecule has 0 saturated heterocycles. The molecule has 0 radical (unpaired) electrons. The number of nitrogens with one attached hydrogen (secondary N) is 1. The molecular formula is C18H11Cl2N5OS. The molecule has 134 valence electrons. The number of carbonyl (C=O) groups is 1. The monoisotopic (exact) mass is 415 g/mol. The van der Waals surface area contributed by atoms with Crippen molar-refractivity contribution in [2.45, 2.75) is 0 Å². The van der Waals surface area contributed by atoms with Crippen molar-refractivity contribution in [2.75, 3.05) is 5.32 Å². The van der Waals surface area contributed by atoms with Gasteiger partial charge in [0.15, 0.2) is 5.01 Å². The van der Waals surface area contributed by atoms with Gasteiger partial charge in [-0.15, -0.1) is 11.3 Å². The zero-order valence-electron chi connectivity index (χ0n) is 13.6. The third-order valence-electron chi connectivity index (χ3n) is 3.61. The van der Waals surface area contributed by atoms with Crippen LogP contribution in [0.25, 0.3) is 16.1 Å². The summed E-state index contributed by atoms with van der Waals surface area (Å²) < 4.78 is 1.65. The van der Waals surface area contributed by atoms with Gasteiger partial charge in [0.1, 0.15) is 0 Å². The Bertz CT molecular complexity index is 1090. The maximum absolute atomic E-state index is 12.5. The van der Waals surface area contributed by atoms with Crippen molar-refractivity contribution < 1.29 is 4.79 Å². The molecule has 0 aliphatic heterocycles. The average molecular weight is 416 g/mol. The second kappa shape index (κ2) is 7.48. The number of pyridine rings is 1. The maximum atomic E-state index is 12.5. The van der Waals surface area contributed by atoms with Gasteiger partial charge in [-0.25, -0.2) is 9.67 Å². The van der Waals surface area contributed by atoms with Gasteiger partial charge in [-0.1, -0.05) is 23.2 Å². The van der Waals surface area contributed by atoms with Crippen LogP contribution in [0, 0.1) is 0 Å². The lowest BCUT2D eigenvalue weighted by Gasteiger charge is -2.00. The number of hydrogen-bond acceptors (Lipinski definition) is 5. The summed E-state index contributed by atoms with van der Waals surface area (Å²) in [6.07, 6.45) is 8.27. The van der Waals surface area contributed by atoms with E-state index in [2.05, 4.69) is 20.4 Å². The fourth-order valence-corrected chi connectivity index (χ4v) is 3.74. The molecule has 1 aromatic carbocycles. The van der Waals surface area contributed by atoms with E-state index in [0.29, 0.717) is 20.7 Å². The Morgan fingerprint density at radius 3 is 2.56 bits per heavy atom. The molecule has 0 aliphatic rings. The Morgan fingerprint density at radius 2 is 1.81 bits per heavy atom. The molecule has 0 unspecified atom stereocenters. The van der Waals surface area contributed by atoms with Crippen molar-refractivity contribution in [2.24, 2.45) is 0 Å². The first kappa shape index (κ1) is 17.7. The Labute approximate surface area is 168 Å². The molecule has 6 nitrogen and oxygen atoms in total. The first-order valence-corrected chi connectivity index (χ1v) is 9.34. The van der Waals surface area contributed by atoms with E-state index >= 15 is 0 Å². The number of amides is 1. The molecule has 1 N–H and O–H groups in total. The van der Waals surface area contributed by atoms with Crippen LogP contribution in [0.2, 0.25) is 10.0 Å². The summed E-state index contributed by atoms with van der Waals surface area (Å²) in [6.45, 7) is 0. The highest BCUT2D eigenvalue weighted by molar-refractivity contribution is 7.17. The molecule has 27 heavy (non-hydrogen) atoms. The van der Waals surface area contributed by atoms with Gasteiger partial charge in [0.2, 0.25) is 0 Å². The minimum Gasteiger partial charge on any atom is -0.317 e. The number of nitrogens with zero attached hydrogens (tertiary/aromatic N) is 4. The minimum absolute atomic E-state index is 0.311. The summed E-state index contributed by atoms with van der Waals surface area (Å²) in [5.41, 5.74) is 2.23. The van der Waals surface area contributed by atoms with Gasteiger partial charge in [0.05, 0.1) is 28.6 Å². The van der Waals surface area contributed by atoms with Crippen molar-refractivity contribution in [3.63, 3.8) is 0 Å².